The minimum absolute atomic E-state index is 0.162. The predicted molar refractivity (Wildman–Crippen MR) is 89.0 cm³/mol. The van der Waals surface area contributed by atoms with Crippen LogP contribution in [0.25, 0.3) is 0 Å². The number of carbonyl (C=O) groups is 2. The van der Waals surface area contributed by atoms with Crippen LogP contribution in [0.1, 0.15) is 23.5 Å². The number of hydrogen-bond acceptors (Lipinski definition) is 3. The Morgan fingerprint density at radius 3 is 2.64 bits per heavy atom. The van der Waals surface area contributed by atoms with E-state index in [-0.39, 0.29) is 24.1 Å². The molecule has 6 heteroatoms. The molecule has 0 fully saturated rings. The van der Waals surface area contributed by atoms with Gasteiger partial charge in [-0.3, -0.25) is 4.79 Å². The Morgan fingerprint density at radius 1 is 1.20 bits per heavy atom. The molecule has 1 aliphatic rings. The summed E-state index contributed by atoms with van der Waals surface area (Å²) in [7, 11) is 0. The molecule has 0 saturated heterocycles. The van der Waals surface area contributed by atoms with E-state index in [0.29, 0.717) is 6.42 Å². The summed E-state index contributed by atoms with van der Waals surface area (Å²) < 4.78 is 18.2. The number of carbonyl (C=O) groups excluding carboxylic acids is 1. The van der Waals surface area contributed by atoms with Crippen molar-refractivity contribution in [3.63, 3.8) is 0 Å². The fourth-order valence-electron chi connectivity index (χ4n) is 3.00. The number of aryl methyl sites for hydroxylation is 1. The molecular formula is C19H18FNO4. The van der Waals surface area contributed by atoms with Gasteiger partial charge in [-0.25, -0.2) is 9.18 Å². The van der Waals surface area contributed by atoms with Crippen molar-refractivity contribution < 1.29 is 23.8 Å². The second-order valence-corrected chi connectivity index (χ2v) is 5.93. The normalized spacial score (nSPS) is 16.8. The highest BCUT2D eigenvalue weighted by Crippen LogP contribution is 2.32. The van der Waals surface area contributed by atoms with Gasteiger partial charge in [0.25, 0.3) is 0 Å². The number of fused-ring (bicyclic) bond motifs is 1. The number of nitrogens with one attached hydrogen (secondary N) is 1. The van der Waals surface area contributed by atoms with Gasteiger partial charge in [0, 0.05) is 0 Å². The van der Waals surface area contributed by atoms with Crippen LogP contribution in [0, 0.1) is 5.82 Å². The van der Waals surface area contributed by atoms with E-state index >= 15 is 0 Å². The molecule has 1 aliphatic carbocycles. The number of hydrogen-bond donors (Lipinski definition) is 2. The zero-order valence-corrected chi connectivity index (χ0v) is 13.4. The SMILES string of the molecule is O=C(O)C(CNC(=O)C1CCc2ccccc21)Oc1ccc(F)cc1. The van der Waals surface area contributed by atoms with Crippen LogP contribution in [0.3, 0.4) is 0 Å². The number of halogens is 1. The van der Waals surface area contributed by atoms with Gasteiger partial charge in [0.2, 0.25) is 12.0 Å². The number of carboxylic acids is 1. The maximum Gasteiger partial charge on any atom is 0.346 e. The first-order chi connectivity index (χ1) is 12.0. The van der Waals surface area contributed by atoms with E-state index in [1.165, 1.54) is 24.3 Å². The summed E-state index contributed by atoms with van der Waals surface area (Å²) in [6, 6.07) is 12.8. The fourth-order valence-corrected chi connectivity index (χ4v) is 3.00. The van der Waals surface area contributed by atoms with Crippen LogP contribution in [0.2, 0.25) is 0 Å². The zero-order chi connectivity index (χ0) is 17.8. The van der Waals surface area contributed by atoms with Gasteiger partial charge in [-0.1, -0.05) is 24.3 Å². The van der Waals surface area contributed by atoms with E-state index < -0.39 is 17.9 Å². The molecule has 0 radical (unpaired) electrons. The molecule has 0 heterocycles. The summed E-state index contributed by atoms with van der Waals surface area (Å²) in [5.41, 5.74) is 2.14. The molecular weight excluding hydrogens is 325 g/mol. The number of amides is 1. The van der Waals surface area contributed by atoms with Gasteiger partial charge in [0.05, 0.1) is 12.5 Å². The van der Waals surface area contributed by atoms with Crippen molar-refractivity contribution in [3.8, 4) is 5.75 Å². The number of aliphatic carboxylic acids is 1. The summed E-state index contributed by atoms with van der Waals surface area (Å²) in [6.45, 7) is -0.162. The van der Waals surface area contributed by atoms with E-state index in [1.807, 2.05) is 24.3 Å². The Kier molecular flexibility index (Phi) is 4.97. The maximum atomic E-state index is 12.9. The Bertz CT molecular complexity index is 775. The van der Waals surface area contributed by atoms with Crippen molar-refractivity contribution >= 4 is 11.9 Å². The maximum absolute atomic E-state index is 12.9. The minimum atomic E-state index is -1.24. The van der Waals surface area contributed by atoms with E-state index in [9.17, 15) is 19.1 Å². The van der Waals surface area contributed by atoms with E-state index in [0.717, 1.165) is 17.5 Å². The zero-order valence-electron chi connectivity index (χ0n) is 13.4. The monoisotopic (exact) mass is 343 g/mol. The second-order valence-electron chi connectivity index (χ2n) is 5.93. The van der Waals surface area contributed by atoms with Crippen LogP contribution in [0.5, 0.6) is 5.75 Å². The average Bonchev–Trinajstić information content (AvgIpc) is 3.04. The minimum Gasteiger partial charge on any atom is -0.478 e. The molecule has 0 saturated carbocycles. The summed E-state index contributed by atoms with van der Waals surface area (Å²) in [5, 5.41) is 11.9. The summed E-state index contributed by atoms with van der Waals surface area (Å²) in [5.74, 6) is -1.88. The summed E-state index contributed by atoms with van der Waals surface area (Å²) in [4.78, 5) is 23.8. The third kappa shape index (κ3) is 3.96. The van der Waals surface area contributed by atoms with Gasteiger partial charge >= 0.3 is 5.97 Å². The predicted octanol–water partition coefficient (Wildman–Crippen LogP) is 2.50. The van der Waals surface area contributed by atoms with Gasteiger partial charge in [0.1, 0.15) is 11.6 Å². The Morgan fingerprint density at radius 2 is 1.92 bits per heavy atom. The van der Waals surface area contributed by atoms with Crippen LogP contribution < -0.4 is 10.1 Å². The molecule has 2 aromatic carbocycles. The molecule has 3 rings (SSSR count). The van der Waals surface area contributed by atoms with E-state index in [2.05, 4.69) is 5.32 Å². The number of benzene rings is 2. The third-order valence-corrected chi connectivity index (χ3v) is 4.28. The molecule has 5 nitrogen and oxygen atoms in total. The second kappa shape index (κ2) is 7.34. The highest BCUT2D eigenvalue weighted by Gasteiger charge is 2.29. The molecule has 2 aromatic rings. The van der Waals surface area contributed by atoms with Crippen molar-refractivity contribution in [3.05, 3.63) is 65.5 Å². The first-order valence-electron chi connectivity index (χ1n) is 8.05. The number of ether oxygens (including phenoxy) is 1. The Balaban J connectivity index is 1.61. The highest BCUT2D eigenvalue weighted by molar-refractivity contribution is 5.85. The lowest BCUT2D eigenvalue weighted by Gasteiger charge is -2.18. The highest BCUT2D eigenvalue weighted by atomic mass is 19.1. The first-order valence-corrected chi connectivity index (χ1v) is 8.05. The molecule has 2 unspecified atom stereocenters. The van der Waals surface area contributed by atoms with E-state index in [1.54, 1.807) is 0 Å². The Hall–Kier alpha value is -2.89. The van der Waals surface area contributed by atoms with Crippen LogP contribution in [-0.4, -0.2) is 29.6 Å². The summed E-state index contributed by atoms with van der Waals surface area (Å²) in [6.07, 6.45) is 0.302. The van der Waals surface area contributed by atoms with Crippen LogP contribution in [-0.2, 0) is 16.0 Å². The molecule has 2 N–H and O–H groups in total. The largest absolute Gasteiger partial charge is 0.478 e. The lowest BCUT2D eigenvalue weighted by Crippen LogP contribution is -2.41. The topological polar surface area (TPSA) is 75.6 Å². The van der Waals surface area contributed by atoms with E-state index in [4.69, 9.17) is 4.74 Å². The van der Waals surface area contributed by atoms with Crippen molar-refractivity contribution in [2.75, 3.05) is 6.54 Å². The number of carboxylic acid groups (broad SMARTS) is 1. The molecule has 0 bridgehead atoms. The molecule has 0 aromatic heterocycles. The fraction of sp³-hybridized carbons (Fsp3) is 0.263. The van der Waals surface area contributed by atoms with Crippen molar-refractivity contribution in [1.82, 2.24) is 5.32 Å². The van der Waals surface area contributed by atoms with Crippen molar-refractivity contribution in [2.45, 2.75) is 24.9 Å². The third-order valence-electron chi connectivity index (χ3n) is 4.28. The Labute approximate surface area is 144 Å². The van der Waals surface area contributed by atoms with Crippen LogP contribution >= 0.6 is 0 Å². The molecule has 0 spiro atoms. The standard InChI is InChI=1S/C19H18FNO4/c20-13-6-8-14(9-7-13)25-17(19(23)24)11-21-18(22)16-10-5-12-3-1-2-4-15(12)16/h1-4,6-9,16-17H,5,10-11H2,(H,21,22)(H,23,24). The van der Waals surface area contributed by atoms with Crippen molar-refractivity contribution in [2.24, 2.45) is 0 Å². The average molecular weight is 343 g/mol. The molecule has 25 heavy (non-hydrogen) atoms. The van der Waals surface area contributed by atoms with Gasteiger partial charge in [-0.05, 0) is 48.2 Å². The summed E-state index contributed by atoms with van der Waals surface area (Å²) >= 11 is 0. The lowest BCUT2D eigenvalue weighted by atomic mass is 10.0. The molecule has 0 aliphatic heterocycles. The first kappa shape index (κ1) is 17.0. The quantitative estimate of drug-likeness (QED) is 0.845. The van der Waals surface area contributed by atoms with Gasteiger partial charge in [-0.15, -0.1) is 0 Å². The van der Waals surface area contributed by atoms with Gasteiger partial charge in [0.15, 0.2) is 0 Å². The molecule has 2 atom stereocenters. The lowest BCUT2D eigenvalue weighted by molar-refractivity contribution is -0.145. The molecule has 130 valence electrons. The number of rotatable bonds is 6. The van der Waals surface area contributed by atoms with Gasteiger partial charge in [-0.2, -0.15) is 0 Å². The smallest absolute Gasteiger partial charge is 0.346 e. The van der Waals surface area contributed by atoms with Crippen LogP contribution in [0.15, 0.2) is 48.5 Å². The van der Waals surface area contributed by atoms with Gasteiger partial charge < -0.3 is 15.2 Å². The van der Waals surface area contributed by atoms with Crippen LogP contribution in [0.4, 0.5) is 4.39 Å². The van der Waals surface area contributed by atoms with Crippen molar-refractivity contribution in [1.29, 1.82) is 0 Å². The molecule has 1 amide bonds.